The topological polar surface area (TPSA) is 111 Å². The quantitative estimate of drug-likeness (QED) is 0.528. The van der Waals surface area contributed by atoms with Gasteiger partial charge in [-0.05, 0) is 31.0 Å². The van der Waals surface area contributed by atoms with E-state index in [0.717, 1.165) is 24.2 Å². The molecule has 1 aliphatic rings. The second-order valence-electron chi connectivity index (χ2n) is 7.72. The Balaban J connectivity index is 1.66. The zero-order valence-electron chi connectivity index (χ0n) is 17.1. The summed E-state index contributed by atoms with van der Waals surface area (Å²) in [5, 5.41) is 2.81. The lowest BCUT2D eigenvalue weighted by Crippen LogP contribution is -2.33. The smallest absolute Gasteiger partial charge is 0.240 e. The molecule has 0 fully saturated rings. The maximum Gasteiger partial charge on any atom is 0.240 e. The largest absolute Gasteiger partial charge is 0.383 e. The Kier molecular flexibility index (Phi) is 4.21. The number of nitrogens with two attached hydrogens (primary N) is 1. The Hall–Kier alpha value is -3.88. The van der Waals surface area contributed by atoms with Gasteiger partial charge in [0.2, 0.25) is 5.91 Å². The molecule has 1 aliphatic heterocycles. The highest BCUT2D eigenvalue weighted by Gasteiger charge is 2.47. The fourth-order valence-electron chi connectivity index (χ4n) is 4.09. The van der Waals surface area contributed by atoms with E-state index >= 15 is 0 Å². The highest BCUT2D eigenvalue weighted by Crippen LogP contribution is 2.44. The predicted octanol–water partition coefficient (Wildman–Crippen LogP) is 3.12. The number of nitrogens with zero attached hydrogens (tertiary/aromatic N) is 5. The number of fused-ring (bicyclic) bond motifs is 2. The number of amides is 1. The molecule has 4 aromatic rings. The van der Waals surface area contributed by atoms with Gasteiger partial charge in [-0.25, -0.2) is 24.3 Å². The Morgan fingerprint density at radius 3 is 2.71 bits per heavy atom. The van der Waals surface area contributed by atoms with E-state index in [4.69, 9.17) is 10.7 Å². The first-order valence-corrected chi connectivity index (χ1v) is 10.00. The summed E-state index contributed by atoms with van der Waals surface area (Å²) in [6.07, 6.45) is 7.01. The zero-order chi connectivity index (χ0) is 21.8. The van der Waals surface area contributed by atoms with Gasteiger partial charge < -0.3 is 15.5 Å². The van der Waals surface area contributed by atoms with E-state index in [1.54, 1.807) is 31.5 Å². The number of hydrogen-bond acceptors (Lipinski definition) is 6. The lowest BCUT2D eigenvalue weighted by atomic mass is 9.78. The van der Waals surface area contributed by atoms with Crippen LogP contribution < -0.4 is 11.1 Å². The van der Waals surface area contributed by atoms with Crippen molar-refractivity contribution >= 4 is 23.2 Å². The fraction of sp³-hybridized carbons (Fsp3) is 0.227. The van der Waals surface area contributed by atoms with Crippen molar-refractivity contribution in [3.05, 3.63) is 65.5 Å². The molecule has 8 nitrogen and oxygen atoms in total. The lowest BCUT2D eigenvalue weighted by Gasteiger charge is -2.23. The first kappa shape index (κ1) is 19.1. The summed E-state index contributed by atoms with van der Waals surface area (Å²) >= 11 is 0. The third-order valence-electron chi connectivity index (χ3n) is 5.70. The zero-order valence-corrected chi connectivity index (χ0v) is 17.1. The monoisotopic (exact) mass is 417 g/mol. The van der Waals surface area contributed by atoms with Gasteiger partial charge in [-0.15, -0.1) is 0 Å². The molecule has 4 heterocycles. The molecule has 1 aromatic carbocycles. The maximum atomic E-state index is 13.4. The molecule has 5 rings (SSSR count). The van der Waals surface area contributed by atoms with Gasteiger partial charge in [0.1, 0.15) is 28.6 Å². The molecule has 0 bridgehead atoms. The molecule has 0 spiro atoms. The number of aromatic nitrogens is 5. The van der Waals surface area contributed by atoms with Crippen LogP contribution in [0.3, 0.4) is 0 Å². The number of carbonyl (C=O) groups is 1. The van der Waals surface area contributed by atoms with Gasteiger partial charge in [-0.2, -0.15) is 0 Å². The molecule has 31 heavy (non-hydrogen) atoms. The summed E-state index contributed by atoms with van der Waals surface area (Å²) in [5.41, 5.74) is 8.47. The van der Waals surface area contributed by atoms with Crippen molar-refractivity contribution in [3.8, 4) is 11.5 Å². The summed E-state index contributed by atoms with van der Waals surface area (Å²) in [4.78, 5) is 31.1. The Morgan fingerprint density at radius 1 is 1.19 bits per heavy atom. The Bertz CT molecular complexity index is 1330. The number of nitrogens with one attached hydrogen (secondary N) is 1. The average molecular weight is 417 g/mol. The van der Waals surface area contributed by atoms with Crippen LogP contribution in [-0.4, -0.2) is 30.2 Å². The molecular weight excluding hydrogens is 397 g/mol. The molecule has 9 heteroatoms. The first-order chi connectivity index (χ1) is 14.9. The molecule has 0 saturated carbocycles. The lowest BCUT2D eigenvalue weighted by molar-refractivity contribution is -0.119. The van der Waals surface area contributed by atoms with Gasteiger partial charge in [0.05, 0.1) is 11.3 Å². The Labute approximate surface area is 177 Å². The van der Waals surface area contributed by atoms with Crippen molar-refractivity contribution in [3.63, 3.8) is 0 Å². The summed E-state index contributed by atoms with van der Waals surface area (Å²) in [6, 6.07) is 5.78. The third kappa shape index (κ3) is 2.84. The Morgan fingerprint density at radius 2 is 1.97 bits per heavy atom. The average Bonchev–Trinajstić information content (AvgIpc) is 3.32. The van der Waals surface area contributed by atoms with E-state index in [1.165, 1.54) is 12.1 Å². The number of rotatable bonds is 4. The van der Waals surface area contributed by atoms with E-state index in [9.17, 15) is 9.18 Å². The first-order valence-electron chi connectivity index (χ1n) is 10.00. The number of carbonyl (C=O) groups excluding carboxylic acids is 1. The second kappa shape index (κ2) is 6.83. The van der Waals surface area contributed by atoms with Gasteiger partial charge in [-0.1, -0.05) is 25.5 Å². The second-order valence-corrected chi connectivity index (χ2v) is 7.72. The van der Waals surface area contributed by atoms with Crippen LogP contribution in [0.15, 0.2) is 42.9 Å². The van der Waals surface area contributed by atoms with E-state index < -0.39 is 5.41 Å². The highest BCUT2D eigenvalue weighted by molar-refractivity contribution is 6.09. The van der Waals surface area contributed by atoms with Crippen LogP contribution in [0.4, 0.5) is 16.0 Å². The van der Waals surface area contributed by atoms with Gasteiger partial charge in [-0.3, -0.25) is 4.79 Å². The molecule has 3 N–H and O–H groups in total. The minimum Gasteiger partial charge on any atom is -0.383 e. The minimum absolute atomic E-state index is 0.176. The van der Waals surface area contributed by atoms with Crippen LogP contribution >= 0.6 is 0 Å². The molecule has 3 aromatic heterocycles. The molecule has 1 amide bonds. The van der Waals surface area contributed by atoms with Gasteiger partial charge in [0, 0.05) is 18.6 Å². The number of hydrogen-bond donors (Lipinski definition) is 2. The predicted molar refractivity (Wildman–Crippen MR) is 114 cm³/mol. The van der Waals surface area contributed by atoms with Crippen molar-refractivity contribution in [1.29, 1.82) is 0 Å². The summed E-state index contributed by atoms with van der Waals surface area (Å²) in [7, 11) is 0. The number of halogens is 1. The van der Waals surface area contributed by atoms with Gasteiger partial charge in [0.25, 0.3) is 0 Å². The number of nitrogen functional groups attached to an aromatic ring is 1. The van der Waals surface area contributed by atoms with Crippen molar-refractivity contribution in [2.45, 2.75) is 32.1 Å². The number of aryl methyl sites for hydroxylation is 1. The fourth-order valence-corrected chi connectivity index (χ4v) is 4.09. The van der Waals surface area contributed by atoms with Crippen molar-refractivity contribution in [2.24, 2.45) is 0 Å². The molecule has 0 aliphatic carbocycles. The van der Waals surface area contributed by atoms with E-state index in [1.807, 2.05) is 10.6 Å². The third-order valence-corrected chi connectivity index (χ3v) is 5.70. The van der Waals surface area contributed by atoms with E-state index in [2.05, 4.69) is 27.2 Å². The molecular formula is C22H20FN7O. The van der Waals surface area contributed by atoms with Crippen LogP contribution in [0, 0.1) is 5.82 Å². The number of anilines is 2. The van der Waals surface area contributed by atoms with Gasteiger partial charge in [0.15, 0.2) is 11.5 Å². The molecule has 156 valence electrons. The van der Waals surface area contributed by atoms with Crippen molar-refractivity contribution in [1.82, 2.24) is 24.3 Å². The van der Waals surface area contributed by atoms with Gasteiger partial charge >= 0.3 is 0 Å². The van der Waals surface area contributed by atoms with Crippen LogP contribution in [-0.2, 0) is 16.6 Å². The molecule has 0 radical (unpaired) electrons. The molecule has 1 atom stereocenters. The SMILES string of the molecule is CCCc1nc(-c2nc(N)c3c(n2)NC(=O)C3(C)c2ccc(F)cc2)cn2ccnc12. The van der Waals surface area contributed by atoms with Crippen molar-refractivity contribution in [2.75, 3.05) is 11.1 Å². The number of benzene rings is 1. The van der Waals surface area contributed by atoms with Crippen molar-refractivity contribution < 1.29 is 9.18 Å². The number of imidazole rings is 1. The summed E-state index contributed by atoms with van der Waals surface area (Å²) in [6.45, 7) is 3.81. The maximum absolute atomic E-state index is 13.4. The van der Waals surface area contributed by atoms with Crippen LogP contribution in [0.2, 0.25) is 0 Å². The minimum atomic E-state index is -1.12. The van der Waals surface area contributed by atoms with Crippen LogP contribution in [0.1, 0.15) is 37.1 Å². The van der Waals surface area contributed by atoms with Crippen LogP contribution in [0.25, 0.3) is 17.2 Å². The summed E-state index contributed by atoms with van der Waals surface area (Å²) in [5.74, 6) is 0.151. The standard InChI is InChI=1S/C22H20FN7O/c1-3-4-14-20-25-9-10-30(20)11-15(26-14)18-27-17(24)16-19(28-18)29-21(31)22(16,2)12-5-7-13(23)8-6-12/h5-11H,3-4H2,1-2H3,(H3,24,27,28,29,31). The van der Waals surface area contributed by atoms with E-state index in [0.29, 0.717) is 28.5 Å². The van der Waals surface area contributed by atoms with E-state index in [-0.39, 0.29) is 17.5 Å². The molecule has 1 unspecified atom stereocenters. The summed E-state index contributed by atoms with van der Waals surface area (Å²) < 4.78 is 15.3. The highest BCUT2D eigenvalue weighted by atomic mass is 19.1. The normalized spacial score (nSPS) is 17.7. The molecule has 0 saturated heterocycles. The van der Waals surface area contributed by atoms with Crippen LogP contribution in [0.5, 0.6) is 0 Å².